The number of nitrogens with zero attached hydrogens (tertiary/aromatic N) is 3. The number of methoxy groups -OCH3 is 2. The number of rotatable bonds is 31. The Balaban J connectivity index is 1.84. The Morgan fingerprint density at radius 1 is 0.857 bits per heavy atom. The fraction of sp³-hybridized carbons (Fsp3) is 0.774. The molecule has 0 bridgehead atoms. The first kappa shape index (κ1) is 66.8. The molecule has 2 fully saturated rings. The number of ether oxygens (including phenoxy) is 4. The smallest absolute Gasteiger partial charge is 0.326 e. The van der Waals surface area contributed by atoms with E-state index < -0.39 is 158 Å². The monoisotopic (exact) mass is 1100 g/mol. The Labute approximate surface area is 452 Å². The Morgan fingerprint density at radius 3 is 2.01 bits per heavy atom. The molecule has 440 valence electrons. The van der Waals surface area contributed by atoms with E-state index in [4.69, 9.17) is 18.9 Å². The molecule has 0 aliphatic carbocycles. The average Bonchev–Trinajstić information content (AvgIpc) is 3.87. The lowest BCUT2D eigenvalue weighted by Gasteiger charge is -2.43. The molecule has 2 aliphatic heterocycles. The molecule has 0 radical (unpaired) electrons. The van der Waals surface area contributed by atoms with Gasteiger partial charge in [0.05, 0.1) is 61.9 Å². The number of benzene rings is 1. The van der Waals surface area contributed by atoms with E-state index in [9.17, 15) is 69.6 Å². The van der Waals surface area contributed by atoms with Crippen LogP contribution in [0.3, 0.4) is 0 Å². The molecule has 3 rings (SSSR count). The van der Waals surface area contributed by atoms with E-state index in [2.05, 4.69) is 16.0 Å². The number of carboxylic acids is 1. The highest BCUT2D eigenvalue weighted by molar-refractivity contribution is 5.90. The van der Waals surface area contributed by atoms with Gasteiger partial charge in [0.25, 0.3) is 0 Å². The molecule has 0 saturated carbocycles. The van der Waals surface area contributed by atoms with E-state index in [0.29, 0.717) is 25.8 Å². The number of amides is 5. The Bertz CT molecular complexity index is 2020. The summed E-state index contributed by atoms with van der Waals surface area (Å²) in [6, 6.07) is 3.04. The summed E-state index contributed by atoms with van der Waals surface area (Å²) < 4.78 is 23.1. The summed E-state index contributed by atoms with van der Waals surface area (Å²) in [5.41, 5.74) is 0.735. The molecule has 24 heteroatoms. The maximum Gasteiger partial charge on any atom is 0.326 e. The summed E-state index contributed by atoms with van der Waals surface area (Å²) in [5, 5.41) is 91.7. The van der Waals surface area contributed by atoms with Gasteiger partial charge < -0.3 is 85.5 Å². The molecule has 77 heavy (non-hydrogen) atoms. The normalized spacial score (nSPS) is 24.6. The zero-order chi connectivity index (χ0) is 58.2. The Morgan fingerprint density at radius 2 is 1.49 bits per heavy atom. The van der Waals surface area contributed by atoms with Crippen LogP contribution in [0, 0.1) is 23.7 Å². The lowest BCUT2D eigenvalue weighted by atomic mass is 9.89. The second kappa shape index (κ2) is 31.4. The van der Waals surface area contributed by atoms with Gasteiger partial charge in [-0.3, -0.25) is 28.9 Å². The van der Waals surface area contributed by atoms with Crippen molar-refractivity contribution in [3.05, 3.63) is 35.9 Å². The highest BCUT2D eigenvalue weighted by Crippen LogP contribution is 2.31. The van der Waals surface area contributed by atoms with Crippen molar-refractivity contribution in [2.45, 2.75) is 185 Å². The SMILES string of the molecule is CCC(C)C(C(CC(=O)N1CCCC1C(OC)C(C)C(=O)NC(Cc1ccccc1)C(=O)O)OC)N(C)C(=O)C(NC(=O)C(C(C)C)N(C)CC(NC(C)=O)C(O)C(OC1OC(CO)C(O)C(O)C1O)C(O)CO)C(C)C. The summed E-state index contributed by atoms with van der Waals surface area (Å²) in [6.45, 7) is 12.0. The number of nitrogens with one attached hydrogen (secondary N) is 3. The quantitative estimate of drug-likeness (QED) is 0.0392. The van der Waals surface area contributed by atoms with Crippen LogP contribution in [0.1, 0.15) is 86.6 Å². The molecule has 0 aromatic heterocycles. The summed E-state index contributed by atoms with van der Waals surface area (Å²) in [4.78, 5) is 86.9. The van der Waals surface area contributed by atoms with Crippen LogP contribution < -0.4 is 16.0 Å². The molecule has 1 aromatic carbocycles. The number of carboxylic acid groups (broad SMARTS) is 1. The van der Waals surface area contributed by atoms with Crippen LogP contribution in [0.2, 0.25) is 0 Å². The van der Waals surface area contributed by atoms with Crippen LogP contribution in [0.5, 0.6) is 0 Å². The van der Waals surface area contributed by atoms with Gasteiger partial charge in [-0.25, -0.2) is 4.79 Å². The lowest BCUT2D eigenvalue weighted by molar-refractivity contribution is -0.325. The summed E-state index contributed by atoms with van der Waals surface area (Å²) in [6.07, 6.45) is -14.4. The fourth-order valence-corrected chi connectivity index (χ4v) is 10.6. The molecular weight excluding hydrogens is 1010 g/mol. The van der Waals surface area contributed by atoms with Gasteiger partial charge in [-0.1, -0.05) is 85.2 Å². The number of carbonyl (C=O) groups is 6. The molecule has 2 heterocycles. The maximum absolute atomic E-state index is 14.8. The molecular formula is C53H90N6O18. The van der Waals surface area contributed by atoms with Crippen molar-refractivity contribution in [3.8, 4) is 0 Å². The number of hydrogen-bond acceptors (Lipinski definition) is 18. The maximum atomic E-state index is 14.8. The predicted octanol–water partition coefficient (Wildman–Crippen LogP) is -1.78. The van der Waals surface area contributed by atoms with Crippen molar-refractivity contribution in [1.82, 2.24) is 30.7 Å². The van der Waals surface area contributed by atoms with Gasteiger partial charge >= 0.3 is 5.97 Å². The summed E-state index contributed by atoms with van der Waals surface area (Å²) in [5.74, 6) is -5.73. The molecule has 11 N–H and O–H groups in total. The van der Waals surface area contributed by atoms with Crippen molar-refractivity contribution in [2.75, 3.05) is 54.6 Å². The van der Waals surface area contributed by atoms with Gasteiger partial charge in [0.2, 0.25) is 29.5 Å². The first-order chi connectivity index (χ1) is 36.2. The van der Waals surface area contributed by atoms with Gasteiger partial charge in [0.15, 0.2) is 6.29 Å². The molecule has 0 spiro atoms. The number of likely N-dealkylation sites (tertiary alicyclic amines) is 1. The van der Waals surface area contributed by atoms with Gasteiger partial charge in [0, 0.05) is 47.7 Å². The Hall–Kier alpha value is -4.44. The Kier molecular flexibility index (Phi) is 27.2. The van der Waals surface area contributed by atoms with Crippen LogP contribution in [0.15, 0.2) is 30.3 Å². The van der Waals surface area contributed by atoms with Crippen molar-refractivity contribution >= 4 is 35.5 Å². The third-order valence-electron chi connectivity index (χ3n) is 15.1. The number of hydrogen-bond donors (Lipinski definition) is 11. The highest BCUT2D eigenvalue weighted by atomic mass is 16.7. The van der Waals surface area contributed by atoms with Crippen molar-refractivity contribution in [3.63, 3.8) is 0 Å². The number of aliphatic carboxylic acids is 1. The largest absolute Gasteiger partial charge is 0.480 e. The topological polar surface area (TPSA) is 347 Å². The first-order valence-corrected chi connectivity index (χ1v) is 26.6. The molecule has 2 aliphatic rings. The van der Waals surface area contributed by atoms with Crippen LogP contribution in [-0.4, -0.2) is 243 Å². The number of carbonyl (C=O) groups excluding carboxylic acids is 5. The van der Waals surface area contributed by atoms with E-state index >= 15 is 0 Å². The number of aliphatic hydroxyl groups is 7. The van der Waals surface area contributed by atoms with Crippen molar-refractivity contribution in [1.29, 1.82) is 0 Å². The van der Waals surface area contributed by atoms with Gasteiger partial charge in [0.1, 0.15) is 54.8 Å². The van der Waals surface area contributed by atoms with E-state index in [1.165, 1.54) is 31.1 Å². The molecule has 18 unspecified atom stereocenters. The van der Waals surface area contributed by atoms with Crippen molar-refractivity contribution < 1.29 is 88.6 Å². The molecule has 18 atom stereocenters. The van der Waals surface area contributed by atoms with Gasteiger partial charge in [-0.15, -0.1) is 0 Å². The van der Waals surface area contributed by atoms with E-state index in [0.717, 1.165) is 12.5 Å². The zero-order valence-corrected chi connectivity index (χ0v) is 46.8. The molecule has 5 amide bonds. The number of likely N-dealkylation sites (N-methyl/N-ethyl adjacent to an activating group) is 2. The lowest BCUT2D eigenvalue weighted by Crippen LogP contribution is -2.64. The van der Waals surface area contributed by atoms with Crippen molar-refractivity contribution in [2.24, 2.45) is 23.7 Å². The third kappa shape index (κ3) is 17.8. The second-order valence-corrected chi connectivity index (χ2v) is 21.4. The fourth-order valence-electron chi connectivity index (χ4n) is 10.6. The minimum Gasteiger partial charge on any atom is -0.480 e. The summed E-state index contributed by atoms with van der Waals surface area (Å²) in [7, 11) is 6.03. The minimum atomic E-state index is -1.94. The van der Waals surface area contributed by atoms with Gasteiger partial charge in [-0.05, 0) is 43.2 Å². The highest BCUT2D eigenvalue weighted by Gasteiger charge is 2.48. The predicted molar refractivity (Wildman–Crippen MR) is 279 cm³/mol. The minimum absolute atomic E-state index is 0.0704. The van der Waals surface area contributed by atoms with Crippen LogP contribution >= 0.6 is 0 Å². The zero-order valence-electron chi connectivity index (χ0n) is 46.8. The van der Waals surface area contributed by atoms with Gasteiger partial charge in [-0.2, -0.15) is 0 Å². The van der Waals surface area contributed by atoms with E-state index in [1.54, 1.807) is 70.8 Å². The third-order valence-corrected chi connectivity index (χ3v) is 15.1. The standard InChI is InChI=1S/C53H90N6O18/c1-13-29(6)42(37(74-11)23-39(64)59-21-17-20-35(59)47(75-12)30(7)49(69)55-33(52(72)73)22-32-18-15-14-16-19-32)58(10)51(71)40(27(2)3)56-50(70)41(28(4)5)57(9)24-34(54-31(8)62)43(65)48(36(63)25-60)77-53-46(68)45(67)44(66)38(26-61)76-53/h14-16,18-19,27-30,33-38,40-48,53,60-61,63,65-68H,13,17,20-26H2,1-12H3,(H,54,62)(H,55,69)(H,56,70)(H,72,73). The van der Waals surface area contributed by atoms with Crippen LogP contribution in [0.4, 0.5) is 0 Å². The summed E-state index contributed by atoms with van der Waals surface area (Å²) >= 11 is 0. The molecule has 1 aromatic rings. The second-order valence-electron chi connectivity index (χ2n) is 21.4. The average molecular weight is 1100 g/mol. The molecule has 24 nitrogen and oxygen atoms in total. The first-order valence-electron chi connectivity index (χ1n) is 26.6. The molecule has 2 saturated heterocycles. The van der Waals surface area contributed by atoms with E-state index in [1.807, 2.05) is 19.9 Å². The van der Waals surface area contributed by atoms with Crippen LogP contribution in [-0.2, 0) is 54.1 Å². The number of aliphatic hydroxyl groups excluding tert-OH is 7. The van der Waals surface area contributed by atoms with E-state index in [-0.39, 0.29) is 31.2 Å². The van der Waals surface area contributed by atoms with Crippen LogP contribution in [0.25, 0.3) is 0 Å².